The van der Waals surface area contributed by atoms with E-state index >= 15 is 0 Å². The molecule has 0 aliphatic heterocycles. The van der Waals surface area contributed by atoms with E-state index in [0.29, 0.717) is 24.7 Å². The number of amides is 1. The van der Waals surface area contributed by atoms with Crippen LogP contribution in [0.5, 0.6) is 5.75 Å². The van der Waals surface area contributed by atoms with Crippen LogP contribution in [0.15, 0.2) is 42.7 Å². The van der Waals surface area contributed by atoms with E-state index in [4.69, 9.17) is 9.47 Å². The van der Waals surface area contributed by atoms with Crippen LogP contribution < -0.4 is 10.1 Å². The Hall–Kier alpha value is -3.11. The van der Waals surface area contributed by atoms with Crippen LogP contribution in [0, 0.1) is 0 Å². The van der Waals surface area contributed by atoms with Gasteiger partial charge in [0.2, 0.25) is 0 Å². The first-order chi connectivity index (χ1) is 17.9. The van der Waals surface area contributed by atoms with Crippen molar-refractivity contribution in [3.8, 4) is 28.3 Å². The lowest BCUT2D eigenvalue weighted by molar-refractivity contribution is 0.0784. The van der Waals surface area contributed by atoms with Crippen molar-refractivity contribution in [3.63, 3.8) is 0 Å². The smallest absolute Gasteiger partial charge is 0.410 e. The molecule has 0 radical (unpaired) electrons. The highest BCUT2D eigenvalue weighted by Crippen LogP contribution is 2.27. The normalized spacial score (nSPS) is 11.5. The van der Waals surface area contributed by atoms with Crippen LogP contribution in [-0.4, -0.2) is 52.5 Å². The number of carbonyl (C=O) groups excluding carboxylic acids is 1. The minimum absolute atomic E-state index is 0.286. The van der Waals surface area contributed by atoms with Crippen molar-refractivity contribution in [3.05, 3.63) is 42.7 Å². The maximum atomic E-state index is 12.2. The third-order valence-electron chi connectivity index (χ3n) is 5.92. The molecule has 2 aromatic heterocycles. The molecule has 10 heteroatoms. The fourth-order valence-corrected chi connectivity index (χ4v) is 4.48. The number of carbonyl (C=O) groups is 1. The van der Waals surface area contributed by atoms with Gasteiger partial charge in [0.25, 0.3) is 0 Å². The van der Waals surface area contributed by atoms with Gasteiger partial charge in [-0.05, 0) is 46.7 Å². The first-order valence-electron chi connectivity index (χ1n) is 13.2. The summed E-state index contributed by atoms with van der Waals surface area (Å²) < 4.78 is 13.0. The zero-order valence-electron chi connectivity index (χ0n) is 22.6. The molecule has 0 spiro atoms. The number of aromatic nitrogens is 5. The molecule has 3 aromatic rings. The number of hydrogen-bond acceptors (Lipinski definition) is 7. The molecule has 3 rings (SSSR count). The summed E-state index contributed by atoms with van der Waals surface area (Å²) in [7, 11) is -1.16. The second-order valence-corrected chi connectivity index (χ2v) is 16.0. The number of tetrazole rings is 1. The fraction of sp³-hybridized carbons (Fsp3) is 0.519. The number of hydrogen-bond donors (Lipinski definition) is 1. The average molecular weight is 525 g/mol. The Labute approximate surface area is 221 Å². The Morgan fingerprint density at radius 3 is 2.59 bits per heavy atom. The molecule has 0 atom stereocenters. The number of nitrogens with one attached hydrogen (secondary N) is 1. The summed E-state index contributed by atoms with van der Waals surface area (Å²) in [4.78, 5) is 16.6. The second kappa shape index (κ2) is 14.6. The van der Waals surface area contributed by atoms with Crippen molar-refractivity contribution in [2.24, 2.45) is 0 Å². The molecule has 37 heavy (non-hydrogen) atoms. The summed E-state index contributed by atoms with van der Waals surface area (Å²) >= 11 is 0. The highest BCUT2D eigenvalue weighted by atomic mass is 28.3. The van der Waals surface area contributed by atoms with Crippen LogP contribution in [0.25, 0.3) is 22.5 Å². The van der Waals surface area contributed by atoms with Crippen LogP contribution in [-0.2, 0) is 11.5 Å². The predicted octanol–water partition coefficient (Wildman–Crippen LogP) is 6.16. The van der Waals surface area contributed by atoms with Crippen molar-refractivity contribution in [2.75, 3.05) is 13.2 Å². The van der Waals surface area contributed by atoms with Crippen LogP contribution in [0.1, 0.15) is 45.4 Å². The monoisotopic (exact) mass is 524 g/mol. The minimum Gasteiger partial charge on any atom is -0.410 e. The van der Waals surface area contributed by atoms with Gasteiger partial charge in [0.1, 0.15) is 12.5 Å². The second-order valence-electron chi connectivity index (χ2n) is 10.4. The number of nitrogens with zero attached hydrogens (tertiary/aromatic N) is 5. The SMILES string of the molecule is CCCCCCCCNC(=O)Oc1cccc(-c2cncc(-c3nnnn3COCC[Si](C)(C)C)c2)c1. The Kier molecular flexibility index (Phi) is 11.2. The standard InChI is InChI=1S/C27H40N6O3Si/c1-5-6-7-8-9-10-14-29-27(34)36-25-13-11-12-22(18-25)23-17-24(20-28-19-23)26-30-31-32-33(26)21-35-15-16-37(2,3)4/h11-13,17-20H,5-10,14-16,21H2,1-4H3,(H,29,34). The van der Waals surface area contributed by atoms with Gasteiger partial charge >= 0.3 is 6.09 Å². The third kappa shape index (κ3) is 10.0. The lowest BCUT2D eigenvalue weighted by Gasteiger charge is -2.15. The van der Waals surface area contributed by atoms with E-state index in [9.17, 15) is 4.79 Å². The van der Waals surface area contributed by atoms with Gasteiger partial charge in [-0.3, -0.25) is 4.98 Å². The van der Waals surface area contributed by atoms with E-state index in [0.717, 1.165) is 35.6 Å². The maximum Gasteiger partial charge on any atom is 0.412 e. The molecule has 0 aliphatic rings. The molecule has 2 heterocycles. The van der Waals surface area contributed by atoms with E-state index in [1.807, 2.05) is 24.3 Å². The summed E-state index contributed by atoms with van der Waals surface area (Å²) in [5.41, 5.74) is 2.52. The average Bonchev–Trinajstić information content (AvgIpc) is 3.34. The number of benzene rings is 1. The minimum atomic E-state index is -1.16. The number of ether oxygens (including phenoxy) is 2. The summed E-state index contributed by atoms with van der Waals surface area (Å²) in [5, 5.41) is 14.9. The molecule has 0 saturated heterocycles. The van der Waals surface area contributed by atoms with Crippen LogP contribution in [0.2, 0.25) is 25.7 Å². The molecule has 0 saturated carbocycles. The van der Waals surface area contributed by atoms with Gasteiger partial charge in [0.05, 0.1) is 0 Å². The first kappa shape index (κ1) is 28.5. The molecule has 0 aliphatic carbocycles. The Morgan fingerprint density at radius 2 is 1.78 bits per heavy atom. The quantitative estimate of drug-likeness (QED) is 0.187. The van der Waals surface area contributed by atoms with Crippen molar-refractivity contribution in [2.45, 2.75) is 77.9 Å². The molecule has 0 bridgehead atoms. The number of rotatable bonds is 15. The van der Waals surface area contributed by atoms with Gasteiger partial charge in [-0.25, -0.2) is 4.79 Å². The third-order valence-corrected chi connectivity index (χ3v) is 7.62. The molecule has 0 unspecified atom stereocenters. The van der Waals surface area contributed by atoms with E-state index in [-0.39, 0.29) is 6.73 Å². The van der Waals surface area contributed by atoms with E-state index in [2.05, 4.69) is 52.4 Å². The lowest BCUT2D eigenvalue weighted by atomic mass is 10.1. The lowest BCUT2D eigenvalue weighted by Crippen LogP contribution is -2.27. The van der Waals surface area contributed by atoms with Crippen molar-refractivity contribution >= 4 is 14.2 Å². The first-order valence-corrected chi connectivity index (χ1v) is 16.9. The summed E-state index contributed by atoms with van der Waals surface area (Å²) in [6, 6.07) is 10.4. The zero-order chi connectivity index (χ0) is 26.5. The molecule has 200 valence electrons. The largest absolute Gasteiger partial charge is 0.412 e. The number of unbranched alkanes of at least 4 members (excludes halogenated alkanes) is 5. The topological polar surface area (TPSA) is 104 Å². The van der Waals surface area contributed by atoms with E-state index in [1.165, 1.54) is 25.7 Å². The van der Waals surface area contributed by atoms with Crippen LogP contribution in [0.4, 0.5) is 4.79 Å². The fourth-order valence-electron chi connectivity index (χ4n) is 3.73. The van der Waals surface area contributed by atoms with E-state index in [1.54, 1.807) is 23.1 Å². The Bertz CT molecular complexity index is 1120. The van der Waals surface area contributed by atoms with Crippen LogP contribution in [0.3, 0.4) is 0 Å². The van der Waals surface area contributed by atoms with Gasteiger partial charge in [-0.15, -0.1) is 5.10 Å². The van der Waals surface area contributed by atoms with Gasteiger partial charge in [-0.1, -0.05) is 70.8 Å². The summed E-state index contributed by atoms with van der Waals surface area (Å²) in [5.74, 6) is 1.06. The molecule has 0 fully saturated rings. The molecular formula is C27H40N6O3Si. The van der Waals surface area contributed by atoms with Gasteiger partial charge in [0.15, 0.2) is 5.82 Å². The summed E-state index contributed by atoms with van der Waals surface area (Å²) in [6.07, 6.45) is 10.1. The van der Waals surface area contributed by atoms with Crippen molar-refractivity contribution in [1.82, 2.24) is 30.5 Å². The molecule has 1 aromatic carbocycles. The molecule has 1 N–H and O–H groups in total. The van der Waals surface area contributed by atoms with Crippen molar-refractivity contribution < 1.29 is 14.3 Å². The molecule has 9 nitrogen and oxygen atoms in total. The van der Waals surface area contributed by atoms with Gasteiger partial charge < -0.3 is 14.8 Å². The Morgan fingerprint density at radius 1 is 1.00 bits per heavy atom. The van der Waals surface area contributed by atoms with Crippen molar-refractivity contribution in [1.29, 1.82) is 0 Å². The maximum absolute atomic E-state index is 12.2. The van der Waals surface area contributed by atoms with Crippen LogP contribution >= 0.6 is 0 Å². The zero-order valence-corrected chi connectivity index (χ0v) is 23.6. The Balaban J connectivity index is 1.57. The van der Waals surface area contributed by atoms with Gasteiger partial charge in [-0.2, -0.15) is 4.68 Å². The highest BCUT2D eigenvalue weighted by molar-refractivity contribution is 6.76. The number of pyridine rings is 1. The van der Waals surface area contributed by atoms with E-state index < -0.39 is 14.2 Å². The van der Waals surface area contributed by atoms with Gasteiger partial charge in [0, 0.05) is 44.7 Å². The predicted molar refractivity (Wildman–Crippen MR) is 148 cm³/mol. The highest BCUT2D eigenvalue weighted by Gasteiger charge is 2.14. The molecular weight excluding hydrogens is 484 g/mol. The molecule has 1 amide bonds. The summed E-state index contributed by atoms with van der Waals surface area (Å²) in [6.45, 7) is 10.8.